The van der Waals surface area contributed by atoms with Crippen LogP contribution in [0.15, 0.2) is 53.4 Å². The Labute approximate surface area is 169 Å². The van der Waals surface area contributed by atoms with E-state index in [1.165, 1.54) is 12.1 Å². The number of sulfonamides is 1. The molecule has 0 spiro atoms. The van der Waals surface area contributed by atoms with Crippen LogP contribution in [0.5, 0.6) is 0 Å². The highest BCUT2D eigenvalue weighted by molar-refractivity contribution is 7.89. The van der Waals surface area contributed by atoms with Crippen molar-refractivity contribution in [2.45, 2.75) is 4.90 Å². The number of anilines is 1. The quantitative estimate of drug-likeness (QED) is 0.665. The molecule has 7 nitrogen and oxygen atoms in total. The number of imidazole rings is 1. The lowest BCUT2D eigenvalue weighted by Crippen LogP contribution is -2.34. The van der Waals surface area contributed by atoms with Gasteiger partial charge in [0.05, 0.1) is 27.6 Å². The highest BCUT2D eigenvalue weighted by Gasteiger charge is 2.45. The zero-order chi connectivity index (χ0) is 20.2. The minimum atomic E-state index is -3.53. The smallest absolute Gasteiger partial charge is 0.243 e. The molecular formula is C21H21N5O2S. The fraction of sp³-hybridized carbons (Fsp3) is 0.333. The second-order valence-electron chi connectivity index (χ2n) is 7.84. The van der Waals surface area contributed by atoms with Crippen LogP contribution >= 0.6 is 0 Å². The zero-order valence-corrected chi connectivity index (χ0v) is 16.9. The Morgan fingerprint density at radius 3 is 2.28 bits per heavy atom. The number of nitriles is 1. The summed E-state index contributed by atoms with van der Waals surface area (Å²) < 4.78 is 29.7. The molecule has 2 aliphatic rings. The van der Waals surface area contributed by atoms with Crippen molar-refractivity contribution in [3.63, 3.8) is 0 Å². The van der Waals surface area contributed by atoms with Gasteiger partial charge in [0.2, 0.25) is 16.0 Å². The molecule has 0 N–H and O–H groups in total. The molecule has 0 saturated carbocycles. The fourth-order valence-corrected chi connectivity index (χ4v) is 6.13. The Morgan fingerprint density at radius 1 is 1.00 bits per heavy atom. The largest absolute Gasteiger partial charge is 0.342 e. The van der Waals surface area contributed by atoms with Gasteiger partial charge < -0.3 is 9.47 Å². The standard InChI is InChI=1S/C21H21N5O2S/c1-24-20-5-3-2-4-19(20)23-21(24)25-11-16-13-26(14-17(16)12-25)29(27,28)18-8-6-15(10-22)7-9-18/h2-9,16-17H,11-14H2,1H3. The molecule has 2 aliphatic heterocycles. The summed E-state index contributed by atoms with van der Waals surface area (Å²) in [6.45, 7) is 2.66. The van der Waals surface area contributed by atoms with Crippen LogP contribution in [0.1, 0.15) is 5.56 Å². The van der Waals surface area contributed by atoms with E-state index in [1.54, 1.807) is 16.4 Å². The van der Waals surface area contributed by atoms with E-state index in [0.29, 0.717) is 30.5 Å². The van der Waals surface area contributed by atoms with Crippen molar-refractivity contribution in [2.24, 2.45) is 18.9 Å². The molecule has 8 heteroatoms. The third-order valence-corrected chi connectivity index (χ3v) is 7.97. The van der Waals surface area contributed by atoms with Gasteiger partial charge in [0.25, 0.3) is 0 Å². The first-order valence-corrected chi connectivity index (χ1v) is 11.1. The number of aryl methyl sites for hydroxylation is 1. The summed E-state index contributed by atoms with van der Waals surface area (Å²) in [6.07, 6.45) is 0. The van der Waals surface area contributed by atoms with E-state index in [2.05, 4.69) is 15.5 Å². The molecular weight excluding hydrogens is 386 g/mol. The summed E-state index contributed by atoms with van der Waals surface area (Å²) >= 11 is 0. The summed E-state index contributed by atoms with van der Waals surface area (Å²) in [5.74, 6) is 1.54. The van der Waals surface area contributed by atoms with Crippen LogP contribution in [0, 0.1) is 23.2 Å². The van der Waals surface area contributed by atoms with Crippen molar-refractivity contribution in [3.05, 3.63) is 54.1 Å². The van der Waals surface area contributed by atoms with Gasteiger partial charge in [0.1, 0.15) is 0 Å². The molecule has 0 radical (unpaired) electrons. The molecule has 1 aromatic heterocycles. The number of fused-ring (bicyclic) bond motifs is 2. The molecule has 0 bridgehead atoms. The van der Waals surface area contributed by atoms with Gasteiger partial charge in [-0.05, 0) is 48.2 Å². The van der Waals surface area contributed by atoms with Crippen molar-refractivity contribution in [3.8, 4) is 6.07 Å². The third kappa shape index (κ3) is 2.89. The van der Waals surface area contributed by atoms with Crippen molar-refractivity contribution in [1.29, 1.82) is 5.26 Å². The molecule has 2 fully saturated rings. The topological polar surface area (TPSA) is 82.2 Å². The lowest BCUT2D eigenvalue weighted by atomic mass is 10.0. The van der Waals surface area contributed by atoms with Crippen LogP contribution < -0.4 is 4.90 Å². The van der Waals surface area contributed by atoms with Crippen molar-refractivity contribution in [2.75, 3.05) is 31.1 Å². The van der Waals surface area contributed by atoms with E-state index >= 15 is 0 Å². The Balaban J connectivity index is 1.34. The Morgan fingerprint density at radius 2 is 1.66 bits per heavy atom. The van der Waals surface area contributed by atoms with Crippen LogP contribution in [0.3, 0.4) is 0 Å². The van der Waals surface area contributed by atoms with Gasteiger partial charge in [0, 0.05) is 33.2 Å². The molecule has 148 valence electrons. The number of benzene rings is 2. The second kappa shape index (κ2) is 6.58. The van der Waals surface area contributed by atoms with E-state index in [-0.39, 0.29) is 4.90 Å². The average Bonchev–Trinajstić information content (AvgIpc) is 3.40. The van der Waals surface area contributed by atoms with Gasteiger partial charge in [0.15, 0.2) is 0 Å². The van der Waals surface area contributed by atoms with Crippen molar-refractivity contribution in [1.82, 2.24) is 13.9 Å². The van der Waals surface area contributed by atoms with Crippen LogP contribution in [-0.4, -0.2) is 48.5 Å². The maximum Gasteiger partial charge on any atom is 0.243 e. The van der Waals surface area contributed by atoms with Crippen LogP contribution in [0.25, 0.3) is 11.0 Å². The Kier molecular flexibility index (Phi) is 4.12. The van der Waals surface area contributed by atoms with E-state index in [9.17, 15) is 8.42 Å². The Hall–Kier alpha value is -2.89. The van der Waals surface area contributed by atoms with Crippen LogP contribution in [0.4, 0.5) is 5.95 Å². The predicted octanol–water partition coefficient (Wildman–Crippen LogP) is 2.20. The number of aromatic nitrogens is 2. The van der Waals surface area contributed by atoms with E-state index in [1.807, 2.05) is 31.3 Å². The first-order chi connectivity index (χ1) is 14.0. The molecule has 3 heterocycles. The summed E-state index contributed by atoms with van der Waals surface area (Å²) in [4.78, 5) is 7.32. The first-order valence-electron chi connectivity index (χ1n) is 9.64. The Bertz CT molecular complexity index is 1210. The second-order valence-corrected chi connectivity index (χ2v) is 9.78. The van der Waals surface area contributed by atoms with Crippen LogP contribution in [0.2, 0.25) is 0 Å². The molecule has 2 atom stereocenters. The predicted molar refractivity (Wildman–Crippen MR) is 110 cm³/mol. The number of para-hydroxylation sites is 2. The average molecular weight is 407 g/mol. The van der Waals surface area contributed by atoms with Gasteiger partial charge in [-0.2, -0.15) is 9.57 Å². The molecule has 3 aromatic rings. The van der Waals surface area contributed by atoms with Gasteiger partial charge in [-0.15, -0.1) is 0 Å². The van der Waals surface area contributed by atoms with Gasteiger partial charge in [-0.25, -0.2) is 13.4 Å². The fourth-order valence-electron chi connectivity index (χ4n) is 4.58. The third-order valence-electron chi connectivity index (χ3n) is 6.12. The van der Waals surface area contributed by atoms with Gasteiger partial charge >= 0.3 is 0 Å². The first kappa shape index (κ1) is 18.2. The minimum Gasteiger partial charge on any atom is -0.342 e. The zero-order valence-electron chi connectivity index (χ0n) is 16.1. The summed E-state index contributed by atoms with van der Waals surface area (Å²) in [5.41, 5.74) is 2.54. The highest BCUT2D eigenvalue weighted by Crippen LogP contribution is 2.36. The monoisotopic (exact) mass is 407 g/mol. The number of hydrogen-bond donors (Lipinski definition) is 0. The van der Waals surface area contributed by atoms with Gasteiger partial charge in [-0.3, -0.25) is 0 Å². The number of hydrogen-bond acceptors (Lipinski definition) is 5. The SMILES string of the molecule is Cn1c(N2CC3CN(S(=O)(=O)c4ccc(C#N)cc4)CC3C2)nc2ccccc21. The van der Waals surface area contributed by atoms with Crippen molar-refractivity contribution >= 4 is 27.0 Å². The minimum absolute atomic E-state index is 0.253. The summed E-state index contributed by atoms with van der Waals surface area (Å²) in [7, 11) is -1.50. The normalized spacial score (nSPS) is 22.1. The molecule has 5 rings (SSSR count). The molecule has 2 unspecified atom stereocenters. The summed E-state index contributed by atoms with van der Waals surface area (Å²) in [5, 5.41) is 8.92. The highest BCUT2D eigenvalue weighted by atomic mass is 32.2. The van der Waals surface area contributed by atoms with E-state index in [0.717, 1.165) is 30.1 Å². The lowest BCUT2D eigenvalue weighted by Gasteiger charge is -2.22. The number of rotatable bonds is 3. The molecule has 2 saturated heterocycles. The van der Waals surface area contributed by atoms with Crippen LogP contribution in [-0.2, 0) is 17.1 Å². The molecule has 2 aromatic carbocycles. The molecule has 29 heavy (non-hydrogen) atoms. The lowest BCUT2D eigenvalue weighted by molar-refractivity contribution is 0.452. The molecule has 0 amide bonds. The maximum atomic E-state index is 13.0. The van der Waals surface area contributed by atoms with Gasteiger partial charge in [-0.1, -0.05) is 12.1 Å². The van der Waals surface area contributed by atoms with Crippen molar-refractivity contribution < 1.29 is 8.42 Å². The summed E-state index contributed by atoms with van der Waals surface area (Å²) in [6, 6.07) is 16.3. The van der Waals surface area contributed by atoms with E-state index < -0.39 is 10.0 Å². The maximum absolute atomic E-state index is 13.0. The number of nitrogens with zero attached hydrogens (tertiary/aromatic N) is 5. The molecule has 0 aliphatic carbocycles. The van der Waals surface area contributed by atoms with E-state index in [4.69, 9.17) is 10.2 Å².